The lowest BCUT2D eigenvalue weighted by Crippen LogP contribution is -2.19. The molecular formula is C62H34O4. The van der Waals surface area contributed by atoms with E-state index in [4.69, 9.17) is 0 Å². The van der Waals surface area contributed by atoms with Gasteiger partial charge in [0.15, 0.2) is 21.7 Å². The van der Waals surface area contributed by atoms with E-state index in [1.165, 1.54) is 12.1 Å². The highest BCUT2D eigenvalue weighted by Crippen LogP contribution is 2.41. The van der Waals surface area contributed by atoms with Gasteiger partial charge in [0, 0.05) is 43.1 Å². The Bertz CT molecular complexity index is 3910. The Labute approximate surface area is 376 Å². The van der Waals surface area contributed by atoms with Crippen LogP contribution < -0.4 is 21.7 Å². The third-order valence-corrected chi connectivity index (χ3v) is 13.8. The van der Waals surface area contributed by atoms with Gasteiger partial charge >= 0.3 is 0 Å². The molecule has 0 spiro atoms. The summed E-state index contributed by atoms with van der Waals surface area (Å²) in [6, 6.07) is 66.7. The Morgan fingerprint density at radius 2 is 0.394 bits per heavy atom. The van der Waals surface area contributed by atoms with E-state index in [1.807, 2.05) is 194 Å². The molecule has 0 N–H and O–H groups in total. The molecule has 0 atom stereocenters. The fourth-order valence-corrected chi connectivity index (χ4v) is 10.8. The summed E-state index contributed by atoms with van der Waals surface area (Å²) in [7, 11) is 0. The molecule has 4 nitrogen and oxygen atoms in total. The van der Waals surface area contributed by atoms with Crippen molar-refractivity contribution in [3.05, 3.63) is 247 Å². The average molecular weight is 843 g/mol. The second-order valence-electron chi connectivity index (χ2n) is 17.2. The molecule has 0 aromatic heterocycles. The zero-order valence-corrected chi connectivity index (χ0v) is 35.3. The van der Waals surface area contributed by atoms with Gasteiger partial charge in [-0.1, -0.05) is 194 Å². The molecule has 13 rings (SSSR count). The molecule has 4 heteroatoms. The second kappa shape index (κ2) is 14.3. The molecule has 0 unspecified atom stereocenters. The maximum Gasteiger partial charge on any atom is 0.195 e. The van der Waals surface area contributed by atoms with Gasteiger partial charge in [0.25, 0.3) is 0 Å². The van der Waals surface area contributed by atoms with Crippen LogP contribution in [0.3, 0.4) is 0 Å². The third-order valence-electron chi connectivity index (χ3n) is 13.8. The summed E-state index contributed by atoms with van der Waals surface area (Å²) in [6.07, 6.45) is 0. The van der Waals surface area contributed by atoms with Crippen LogP contribution in [0.25, 0.3) is 131 Å². The number of rotatable bonds is 4. The minimum Gasteiger partial charge on any atom is -0.289 e. The first-order valence-corrected chi connectivity index (χ1v) is 22.1. The van der Waals surface area contributed by atoms with Gasteiger partial charge in [-0.25, -0.2) is 0 Å². The topological polar surface area (TPSA) is 68.3 Å². The van der Waals surface area contributed by atoms with E-state index >= 15 is 19.2 Å². The van der Waals surface area contributed by atoms with Crippen LogP contribution in [-0.4, -0.2) is 0 Å². The lowest BCUT2D eigenvalue weighted by atomic mass is 9.85. The van der Waals surface area contributed by atoms with E-state index in [9.17, 15) is 0 Å². The summed E-state index contributed by atoms with van der Waals surface area (Å²) in [5.41, 5.74) is 4.25. The zero-order chi connectivity index (χ0) is 44.2. The number of hydrogen-bond acceptors (Lipinski definition) is 4. The SMILES string of the molecule is O=c1c2cc3c(=O)c4c(-c5cccc6ccccc56)ccc(-c5cccc6ccccc56)c4c(=O)c3cc2c(=O)c2c(-c3cccc4ccccc34)ccc(-c3cccc4ccccc34)c12. The fraction of sp³-hybridized carbons (Fsp3) is 0. The Morgan fingerprint density at radius 1 is 0.182 bits per heavy atom. The summed E-state index contributed by atoms with van der Waals surface area (Å²) < 4.78 is 0. The van der Waals surface area contributed by atoms with Crippen LogP contribution in [0.2, 0.25) is 0 Å². The van der Waals surface area contributed by atoms with Crippen molar-refractivity contribution in [2.45, 2.75) is 0 Å². The van der Waals surface area contributed by atoms with Gasteiger partial charge in [-0.05, 0) is 99.7 Å². The smallest absolute Gasteiger partial charge is 0.195 e. The molecule has 306 valence electrons. The quantitative estimate of drug-likeness (QED) is 0.166. The standard InChI is InChI=1S/C62H34O4/c63-59-51-33-53-54(62(66)58-50(46-28-12-20-38-16-4-8-24-42(38)46)32-31-49(57(58)61(53)65)45-27-11-19-37-15-3-7-23-41(37)45)34-52(51)60(64)56-48(44-26-10-18-36-14-2-6-22-40(36)44)30-29-47(55(56)59)43-25-9-17-35-13-1-5-21-39(35)43/h1-34H. The van der Waals surface area contributed by atoms with Crippen LogP contribution in [0, 0.1) is 0 Å². The van der Waals surface area contributed by atoms with Gasteiger partial charge in [-0.15, -0.1) is 0 Å². The maximum absolute atomic E-state index is 15.6. The first-order valence-electron chi connectivity index (χ1n) is 22.1. The van der Waals surface area contributed by atoms with E-state index in [0.29, 0.717) is 22.3 Å². The van der Waals surface area contributed by atoms with E-state index < -0.39 is 0 Å². The summed E-state index contributed by atoms with van der Waals surface area (Å²) in [5.74, 6) is 0. The highest BCUT2D eigenvalue weighted by molar-refractivity contribution is 6.20. The van der Waals surface area contributed by atoms with E-state index in [1.54, 1.807) is 0 Å². The molecule has 0 aliphatic heterocycles. The van der Waals surface area contributed by atoms with Crippen molar-refractivity contribution in [3.63, 3.8) is 0 Å². The molecule has 0 fully saturated rings. The van der Waals surface area contributed by atoms with Crippen molar-refractivity contribution >= 4 is 86.2 Å². The first-order chi connectivity index (χ1) is 32.4. The van der Waals surface area contributed by atoms with Gasteiger partial charge in [-0.2, -0.15) is 0 Å². The minimum absolute atomic E-state index is 0.101. The molecule has 0 heterocycles. The van der Waals surface area contributed by atoms with Crippen molar-refractivity contribution < 1.29 is 0 Å². The van der Waals surface area contributed by atoms with Gasteiger partial charge in [0.2, 0.25) is 0 Å². The molecular weight excluding hydrogens is 809 g/mol. The molecule has 0 aliphatic rings. The molecule has 0 saturated heterocycles. The fourth-order valence-electron chi connectivity index (χ4n) is 10.8. The van der Waals surface area contributed by atoms with Crippen LogP contribution in [-0.2, 0) is 0 Å². The lowest BCUT2D eigenvalue weighted by Gasteiger charge is -2.16. The summed E-state index contributed by atoms with van der Waals surface area (Å²) in [6.45, 7) is 0. The first kappa shape index (κ1) is 37.7. The maximum atomic E-state index is 15.6. The molecule has 0 amide bonds. The van der Waals surface area contributed by atoms with Crippen LogP contribution in [0.4, 0.5) is 0 Å². The molecule has 13 aromatic rings. The van der Waals surface area contributed by atoms with E-state index in [-0.39, 0.29) is 64.8 Å². The highest BCUT2D eigenvalue weighted by atomic mass is 16.1. The number of hydrogen-bond donors (Lipinski definition) is 0. The largest absolute Gasteiger partial charge is 0.289 e. The monoisotopic (exact) mass is 842 g/mol. The molecule has 0 saturated carbocycles. The van der Waals surface area contributed by atoms with Crippen molar-refractivity contribution in [1.82, 2.24) is 0 Å². The lowest BCUT2D eigenvalue weighted by molar-refractivity contribution is 1.61. The second-order valence-corrected chi connectivity index (χ2v) is 17.2. The third kappa shape index (κ3) is 5.39. The predicted molar refractivity (Wildman–Crippen MR) is 276 cm³/mol. The molecule has 13 aromatic carbocycles. The summed E-state index contributed by atoms with van der Waals surface area (Å²) >= 11 is 0. The van der Waals surface area contributed by atoms with Gasteiger partial charge in [0.05, 0.1) is 0 Å². The summed E-state index contributed by atoms with van der Waals surface area (Å²) in [4.78, 5) is 62.4. The Kier molecular flexibility index (Phi) is 8.18. The Balaban J connectivity index is 1.20. The Hall–Kier alpha value is -8.86. The van der Waals surface area contributed by atoms with Crippen LogP contribution >= 0.6 is 0 Å². The molecule has 0 aliphatic carbocycles. The average Bonchev–Trinajstić information content (AvgIpc) is 3.37. The predicted octanol–water partition coefficient (Wildman–Crippen LogP) is 13.9. The number of benzene rings is 13. The van der Waals surface area contributed by atoms with E-state index in [0.717, 1.165) is 65.3 Å². The van der Waals surface area contributed by atoms with Crippen molar-refractivity contribution in [2.75, 3.05) is 0 Å². The number of fused-ring (bicyclic) bond motifs is 8. The minimum atomic E-state index is -0.378. The molecule has 0 bridgehead atoms. The Morgan fingerprint density at radius 3 is 0.636 bits per heavy atom. The van der Waals surface area contributed by atoms with Crippen LogP contribution in [0.1, 0.15) is 0 Å². The van der Waals surface area contributed by atoms with Gasteiger partial charge < -0.3 is 0 Å². The van der Waals surface area contributed by atoms with Crippen LogP contribution in [0.15, 0.2) is 225 Å². The van der Waals surface area contributed by atoms with Crippen LogP contribution in [0.5, 0.6) is 0 Å². The summed E-state index contributed by atoms with van der Waals surface area (Å²) in [5, 5.41) is 9.27. The molecule has 0 radical (unpaired) electrons. The van der Waals surface area contributed by atoms with E-state index in [2.05, 4.69) is 0 Å². The highest BCUT2D eigenvalue weighted by Gasteiger charge is 2.25. The normalized spacial score (nSPS) is 11.9. The molecule has 66 heavy (non-hydrogen) atoms. The van der Waals surface area contributed by atoms with Crippen molar-refractivity contribution in [1.29, 1.82) is 0 Å². The van der Waals surface area contributed by atoms with Crippen molar-refractivity contribution in [2.24, 2.45) is 0 Å². The van der Waals surface area contributed by atoms with Crippen molar-refractivity contribution in [3.8, 4) is 44.5 Å². The zero-order valence-electron chi connectivity index (χ0n) is 35.3. The van der Waals surface area contributed by atoms with Gasteiger partial charge in [-0.3, -0.25) is 19.2 Å². The van der Waals surface area contributed by atoms with Gasteiger partial charge in [0.1, 0.15) is 0 Å².